The number of hydrogen-bond donors (Lipinski definition) is 1. The van der Waals surface area contributed by atoms with Crippen LogP contribution in [0.15, 0.2) is 6.20 Å². The molecule has 2 aliphatic rings. The molecule has 2 amide bonds. The maximum atomic E-state index is 12.6. The SMILES string of the molecule is COc1nn(C)cc1C(=O)N1CCC(C(=O)NC[C@H]2CCCO2)CC1. The van der Waals surface area contributed by atoms with Crippen LogP contribution in [-0.4, -0.2) is 65.9 Å². The Morgan fingerprint density at radius 2 is 2.12 bits per heavy atom. The molecular formula is C17H26N4O4. The summed E-state index contributed by atoms with van der Waals surface area (Å²) in [6.45, 7) is 2.51. The molecule has 8 heteroatoms. The van der Waals surface area contributed by atoms with Crippen LogP contribution in [0.4, 0.5) is 0 Å². The average Bonchev–Trinajstić information content (AvgIpc) is 3.28. The van der Waals surface area contributed by atoms with Crippen molar-refractivity contribution in [3.05, 3.63) is 11.8 Å². The normalized spacial score (nSPS) is 21.4. The predicted molar refractivity (Wildman–Crippen MR) is 90.4 cm³/mol. The maximum Gasteiger partial charge on any atom is 0.260 e. The minimum atomic E-state index is -0.0943. The number of carbonyl (C=O) groups excluding carboxylic acids is 2. The monoisotopic (exact) mass is 350 g/mol. The van der Waals surface area contributed by atoms with Crippen molar-refractivity contribution in [2.24, 2.45) is 13.0 Å². The zero-order chi connectivity index (χ0) is 17.8. The van der Waals surface area contributed by atoms with Gasteiger partial charge in [0.25, 0.3) is 5.91 Å². The van der Waals surface area contributed by atoms with Gasteiger partial charge in [-0.25, -0.2) is 0 Å². The summed E-state index contributed by atoms with van der Waals surface area (Å²) >= 11 is 0. The Hall–Kier alpha value is -2.09. The van der Waals surface area contributed by atoms with Crippen LogP contribution < -0.4 is 10.1 Å². The molecule has 0 aliphatic carbocycles. The van der Waals surface area contributed by atoms with Gasteiger partial charge in [-0.1, -0.05) is 0 Å². The van der Waals surface area contributed by atoms with Crippen molar-refractivity contribution < 1.29 is 19.1 Å². The van der Waals surface area contributed by atoms with E-state index in [1.54, 1.807) is 22.8 Å². The smallest absolute Gasteiger partial charge is 0.260 e. The van der Waals surface area contributed by atoms with E-state index in [-0.39, 0.29) is 23.8 Å². The van der Waals surface area contributed by atoms with E-state index in [1.807, 2.05) is 0 Å². The van der Waals surface area contributed by atoms with E-state index in [1.165, 1.54) is 7.11 Å². The molecule has 0 radical (unpaired) electrons. The van der Waals surface area contributed by atoms with E-state index in [0.29, 0.717) is 43.9 Å². The number of aromatic nitrogens is 2. The second-order valence-corrected chi connectivity index (χ2v) is 6.67. The third-order valence-corrected chi connectivity index (χ3v) is 4.90. The van der Waals surface area contributed by atoms with Crippen LogP contribution in [0.25, 0.3) is 0 Å². The summed E-state index contributed by atoms with van der Waals surface area (Å²) in [4.78, 5) is 26.7. The van der Waals surface area contributed by atoms with Crippen LogP contribution in [0.2, 0.25) is 0 Å². The van der Waals surface area contributed by atoms with Crippen molar-refractivity contribution in [2.45, 2.75) is 31.8 Å². The molecule has 2 aliphatic heterocycles. The highest BCUT2D eigenvalue weighted by atomic mass is 16.5. The Morgan fingerprint density at radius 3 is 2.76 bits per heavy atom. The fourth-order valence-electron chi connectivity index (χ4n) is 3.44. The van der Waals surface area contributed by atoms with Crippen molar-refractivity contribution in [1.29, 1.82) is 0 Å². The number of ether oxygens (including phenoxy) is 2. The van der Waals surface area contributed by atoms with Crippen molar-refractivity contribution in [2.75, 3.05) is 33.4 Å². The number of methoxy groups -OCH3 is 1. The molecule has 1 aromatic heterocycles. The summed E-state index contributed by atoms with van der Waals surface area (Å²) in [5, 5.41) is 7.11. The van der Waals surface area contributed by atoms with Gasteiger partial charge in [0, 0.05) is 45.4 Å². The van der Waals surface area contributed by atoms with Crippen LogP contribution in [0.1, 0.15) is 36.0 Å². The van der Waals surface area contributed by atoms with E-state index in [4.69, 9.17) is 9.47 Å². The number of nitrogens with one attached hydrogen (secondary N) is 1. The van der Waals surface area contributed by atoms with Crippen molar-refractivity contribution >= 4 is 11.8 Å². The number of carbonyl (C=O) groups is 2. The Labute approximate surface area is 147 Å². The fraction of sp³-hybridized carbons (Fsp3) is 0.706. The molecule has 0 aromatic carbocycles. The summed E-state index contributed by atoms with van der Waals surface area (Å²) < 4.78 is 12.3. The minimum Gasteiger partial charge on any atom is -0.479 e. The molecule has 8 nitrogen and oxygen atoms in total. The maximum absolute atomic E-state index is 12.6. The highest BCUT2D eigenvalue weighted by Gasteiger charge is 2.30. The molecule has 25 heavy (non-hydrogen) atoms. The van der Waals surface area contributed by atoms with Gasteiger partial charge in [-0.15, -0.1) is 5.10 Å². The van der Waals surface area contributed by atoms with Gasteiger partial charge in [-0.05, 0) is 25.7 Å². The quantitative estimate of drug-likeness (QED) is 0.839. The summed E-state index contributed by atoms with van der Waals surface area (Å²) in [5.41, 5.74) is 0.464. The standard InChI is InChI=1S/C17H26N4O4/c1-20-11-14(16(19-20)24-2)17(23)21-7-5-12(6-8-21)15(22)18-10-13-4-3-9-25-13/h11-13H,3-10H2,1-2H3,(H,18,22)/t13-/m1/s1. The lowest BCUT2D eigenvalue weighted by molar-refractivity contribution is -0.126. The first-order valence-electron chi connectivity index (χ1n) is 8.84. The lowest BCUT2D eigenvalue weighted by Gasteiger charge is -2.31. The fourth-order valence-corrected chi connectivity index (χ4v) is 3.44. The second-order valence-electron chi connectivity index (χ2n) is 6.67. The van der Waals surface area contributed by atoms with Gasteiger partial charge in [0.1, 0.15) is 5.56 Å². The first-order valence-corrected chi connectivity index (χ1v) is 8.84. The number of nitrogens with zero attached hydrogens (tertiary/aromatic N) is 3. The zero-order valence-electron chi connectivity index (χ0n) is 14.9. The third kappa shape index (κ3) is 4.12. The number of rotatable bonds is 5. The molecule has 0 saturated carbocycles. The molecular weight excluding hydrogens is 324 g/mol. The number of aryl methyl sites for hydroxylation is 1. The zero-order valence-corrected chi connectivity index (χ0v) is 14.9. The summed E-state index contributed by atoms with van der Waals surface area (Å²) in [7, 11) is 3.26. The van der Waals surface area contributed by atoms with E-state index in [9.17, 15) is 9.59 Å². The van der Waals surface area contributed by atoms with Gasteiger partial charge < -0.3 is 19.7 Å². The Morgan fingerprint density at radius 1 is 1.36 bits per heavy atom. The van der Waals surface area contributed by atoms with Gasteiger partial charge in [0.2, 0.25) is 11.8 Å². The van der Waals surface area contributed by atoms with Crippen LogP contribution in [0.5, 0.6) is 5.88 Å². The largest absolute Gasteiger partial charge is 0.479 e. The molecule has 3 heterocycles. The van der Waals surface area contributed by atoms with Crippen LogP contribution in [0.3, 0.4) is 0 Å². The first-order chi connectivity index (χ1) is 12.1. The Balaban J connectivity index is 1.49. The lowest BCUT2D eigenvalue weighted by Crippen LogP contribution is -2.44. The molecule has 0 spiro atoms. The van der Waals surface area contributed by atoms with E-state index in [0.717, 1.165) is 19.4 Å². The van der Waals surface area contributed by atoms with Gasteiger partial charge in [-0.2, -0.15) is 0 Å². The summed E-state index contributed by atoms with van der Waals surface area (Å²) in [5.74, 6) is 0.273. The molecule has 0 unspecified atom stereocenters. The van der Waals surface area contributed by atoms with Crippen molar-refractivity contribution in [3.63, 3.8) is 0 Å². The molecule has 1 N–H and O–H groups in total. The topological polar surface area (TPSA) is 85.7 Å². The van der Waals surface area contributed by atoms with Crippen LogP contribution in [-0.2, 0) is 16.6 Å². The van der Waals surface area contributed by atoms with Gasteiger partial charge >= 0.3 is 0 Å². The molecule has 2 fully saturated rings. The summed E-state index contributed by atoms with van der Waals surface area (Å²) in [6.07, 6.45) is 5.25. The molecule has 3 rings (SSSR count). The predicted octanol–water partition coefficient (Wildman–Crippen LogP) is 0.576. The van der Waals surface area contributed by atoms with Gasteiger partial charge in [0.15, 0.2) is 0 Å². The van der Waals surface area contributed by atoms with Gasteiger partial charge in [-0.3, -0.25) is 14.3 Å². The molecule has 138 valence electrons. The van der Waals surface area contributed by atoms with E-state index in [2.05, 4.69) is 10.4 Å². The minimum absolute atomic E-state index is 0.0405. The average molecular weight is 350 g/mol. The first kappa shape index (κ1) is 17.7. The molecule has 2 saturated heterocycles. The number of amides is 2. The Bertz CT molecular complexity index is 616. The van der Waals surface area contributed by atoms with Crippen molar-refractivity contribution in [3.8, 4) is 5.88 Å². The van der Waals surface area contributed by atoms with E-state index < -0.39 is 0 Å². The van der Waals surface area contributed by atoms with Crippen LogP contribution in [0, 0.1) is 5.92 Å². The highest BCUT2D eigenvalue weighted by Crippen LogP contribution is 2.23. The van der Waals surface area contributed by atoms with E-state index >= 15 is 0 Å². The van der Waals surface area contributed by atoms with Crippen LogP contribution >= 0.6 is 0 Å². The third-order valence-electron chi connectivity index (χ3n) is 4.90. The van der Waals surface area contributed by atoms with Crippen molar-refractivity contribution in [1.82, 2.24) is 20.0 Å². The lowest BCUT2D eigenvalue weighted by atomic mass is 9.95. The highest BCUT2D eigenvalue weighted by molar-refractivity contribution is 5.96. The molecule has 0 bridgehead atoms. The number of likely N-dealkylation sites (tertiary alicyclic amines) is 1. The molecule has 1 atom stereocenters. The Kier molecular flexibility index (Phi) is 5.57. The summed E-state index contributed by atoms with van der Waals surface area (Å²) in [6, 6.07) is 0. The second kappa shape index (κ2) is 7.86. The number of hydrogen-bond acceptors (Lipinski definition) is 5. The molecule has 1 aromatic rings. The number of piperidine rings is 1. The van der Waals surface area contributed by atoms with Gasteiger partial charge in [0.05, 0.1) is 13.2 Å².